The summed E-state index contributed by atoms with van der Waals surface area (Å²) in [5.74, 6) is 2.13. The summed E-state index contributed by atoms with van der Waals surface area (Å²) in [6.45, 7) is 4.59. The number of rotatable bonds is 3. The molecule has 1 atom stereocenters. The van der Waals surface area contributed by atoms with Crippen molar-refractivity contribution in [3.63, 3.8) is 0 Å². The second-order valence-corrected chi connectivity index (χ2v) is 6.91. The third-order valence-corrected chi connectivity index (χ3v) is 4.99. The Morgan fingerprint density at radius 2 is 2.04 bits per heavy atom. The third kappa shape index (κ3) is 2.52. The average molecular weight is 320 g/mol. The fourth-order valence-electron chi connectivity index (χ4n) is 3.79. The van der Waals surface area contributed by atoms with Crippen LogP contribution in [0.4, 0.5) is 5.69 Å². The fourth-order valence-corrected chi connectivity index (χ4v) is 3.79. The second-order valence-electron chi connectivity index (χ2n) is 6.91. The van der Waals surface area contributed by atoms with Gasteiger partial charge in [0.2, 0.25) is 0 Å². The number of hydrogen-bond donors (Lipinski definition) is 1. The molecule has 3 aliphatic rings. The first-order valence-electron chi connectivity index (χ1n) is 8.78. The molecule has 4 nitrogen and oxygen atoms in total. The Kier molecular flexibility index (Phi) is 3.68. The Hall–Kier alpha value is -2.49. The predicted molar refractivity (Wildman–Crippen MR) is 99.2 cm³/mol. The van der Waals surface area contributed by atoms with Crippen LogP contribution in [-0.4, -0.2) is 16.7 Å². The Morgan fingerprint density at radius 1 is 1.21 bits per heavy atom. The van der Waals surface area contributed by atoms with E-state index in [0.717, 1.165) is 18.7 Å². The lowest BCUT2D eigenvalue weighted by Gasteiger charge is -2.46. The molecule has 0 bridgehead atoms. The number of anilines is 1. The van der Waals surface area contributed by atoms with Crippen molar-refractivity contribution in [2.45, 2.75) is 45.1 Å². The summed E-state index contributed by atoms with van der Waals surface area (Å²) in [6, 6.07) is 10.5. The van der Waals surface area contributed by atoms with Crippen molar-refractivity contribution in [2.24, 2.45) is 4.99 Å². The lowest BCUT2D eigenvalue weighted by Crippen LogP contribution is -2.51. The fraction of sp³-hybridized carbons (Fsp3) is 0.350. The van der Waals surface area contributed by atoms with Crippen molar-refractivity contribution in [3.05, 3.63) is 66.1 Å². The number of benzene rings is 1. The number of nitrogens with one attached hydrogen (secondary N) is 1. The minimum absolute atomic E-state index is 0.146. The lowest BCUT2D eigenvalue weighted by atomic mass is 9.86. The molecule has 1 N–H and O–H groups in total. The van der Waals surface area contributed by atoms with Crippen LogP contribution in [0.5, 0.6) is 0 Å². The van der Waals surface area contributed by atoms with E-state index in [2.05, 4.69) is 76.7 Å². The van der Waals surface area contributed by atoms with Gasteiger partial charge in [-0.15, -0.1) is 0 Å². The first-order valence-corrected chi connectivity index (χ1v) is 8.78. The molecule has 1 unspecified atom stereocenters. The minimum Gasteiger partial charge on any atom is -0.365 e. The van der Waals surface area contributed by atoms with E-state index in [4.69, 9.17) is 0 Å². The molecule has 4 heteroatoms. The predicted octanol–water partition coefficient (Wildman–Crippen LogP) is 4.32. The highest BCUT2D eigenvalue weighted by atomic mass is 15.4. The van der Waals surface area contributed by atoms with Crippen LogP contribution < -0.4 is 10.2 Å². The van der Waals surface area contributed by atoms with Crippen molar-refractivity contribution in [1.82, 2.24) is 10.2 Å². The normalized spacial score (nSPS) is 25.2. The van der Waals surface area contributed by atoms with E-state index >= 15 is 0 Å². The summed E-state index contributed by atoms with van der Waals surface area (Å²) in [7, 11) is 0. The Bertz CT molecular complexity index is 744. The van der Waals surface area contributed by atoms with Gasteiger partial charge in [0.25, 0.3) is 0 Å². The number of fused-ring (bicyclic) bond motifs is 2. The van der Waals surface area contributed by atoms with Crippen molar-refractivity contribution in [1.29, 1.82) is 0 Å². The van der Waals surface area contributed by atoms with Gasteiger partial charge in [-0.3, -0.25) is 4.90 Å². The molecule has 124 valence electrons. The van der Waals surface area contributed by atoms with Crippen LogP contribution in [0.3, 0.4) is 0 Å². The van der Waals surface area contributed by atoms with Crippen LogP contribution in [-0.2, 0) is 0 Å². The van der Waals surface area contributed by atoms with Gasteiger partial charge in [-0.05, 0) is 44.4 Å². The molecule has 0 spiro atoms. The maximum absolute atomic E-state index is 4.57. The molecule has 1 aromatic rings. The summed E-state index contributed by atoms with van der Waals surface area (Å²) in [5.41, 5.74) is 2.65. The SMILES string of the molecule is CCCC1(C)CCC2=C(N1)N1C=CC=NC1=CN2c1ccccc1. The second kappa shape index (κ2) is 5.86. The van der Waals surface area contributed by atoms with Crippen LogP contribution in [0.1, 0.15) is 39.5 Å². The van der Waals surface area contributed by atoms with Crippen molar-refractivity contribution >= 4 is 11.9 Å². The molecular weight excluding hydrogens is 296 g/mol. The van der Waals surface area contributed by atoms with Gasteiger partial charge in [0.05, 0.1) is 11.9 Å². The Balaban J connectivity index is 1.78. The highest BCUT2D eigenvalue weighted by molar-refractivity contribution is 5.74. The molecule has 0 aromatic heterocycles. The maximum atomic E-state index is 4.57. The smallest absolute Gasteiger partial charge is 0.155 e. The Morgan fingerprint density at radius 3 is 2.83 bits per heavy atom. The largest absolute Gasteiger partial charge is 0.365 e. The van der Waals surface area contributed by atoms with E-state index < -0.39 is 0 Å². The molecule has 3 heterocycles. The van der Waals surface area contributed by atoms with Gasteiger partial charge >= 0.3 is 0 Å². The summed E-state index contributed by atoms with van der Waals surface area (Å²) < 4.78 is 0. The van der Waals surface area contributed by atoms with Gasteiger partial charge in [-0.2, -0.15) is 0 Å². The van der Waals surface area contributed by atoms with Crippen molar-refractivity contribution in [3.8, 4) is 0 Å². The van der Waals surface area contributed by atoms with Crippen LogP contribution in [0, 0.1) is 0 Å². The van der Waals surface area contributed by atoms with Crippen LogP contribution >= 0.6 is 0 Å². The molecule has 0 aliphatic carbocycles. The average Bonchev–Trinajstić information content (AvgIpc) is 2.62. The van der Waals surface area contributed by atoms with Crippen LogP contribution in [0.2, 0.25) is 0 Å². The van der Waals surface area contributed by atoms with Crippen LogP contribution in [0.15, 0.2) is 71.1 Å². The zero-order chi connectivity index (χ0) is 16.6. The van der Waals surface area contributed by atoms with Gasteiger partial charge in [-0.25, -0.2) is 4.99 Å². The summed E-state index contributed by atoms with van der Waals surface area (Å²) in [6.07, 6.45) is 12.6. The topological polar surface area (TPSA) is 30.9 Å². The first kappa shape index (κ1) is 15.1. The van der Waals surface area contributed by atoms with E-state index in [0.29, 0.717) is 0 Å². The molecule has 1 aromatic carbocycles. The van der Waals surface area contributed by atoms with E-state index in [-0.39, 0.29) is 5.54 Å². The van der Waals surface area contributed by atoms with E-state index in [1.54, 1.807) is 0 Å². The standard InChI is InChI=1S/C20H24N4/c1-3-11-20(2)12-10-17-19(22-20)23-14-7-13-21-18(23)15-24(17)16-8-5-4-6-9-16/h4-9,13-15,22H,3,10-12H2,1-2H3. The van der Waals surface area contributed by atoms with Gasteiger partial charge < -0.3 is 10.2 Å². The summed E-state index contributed by atoms with van der Waals surface area (Å²) in [4.78, 5) is 9.04. The maximum Gasteiger partial charge on any atom is 0.155 e. The zero-order valence-corrected chi connectivity index (χ0v) is 14.4. The van der Waals surface area contributed by atoms with Crippen molar-refractivity contribution < 1.29 is 0 Å². The van der Waals surface area contributed by atoms with E-state index in [9.17, 15) is 0 Å². The van der Waals surface area contributed by atoms with E-state index in [1.807, 2.05) is 12.3 Å². The quantitative estimate of drug-likeness (QED) is 0.900. The molecule has 4 rings (SSSR count). The number of nitrogens with zero attached hydrogens (tertiary/aromatic N) is 3. The summed E-state index contributed by atoms with van der Waals surface area (Å²) in [5, 5.41) is 3.83. The number of para-hydroxylation sites is 1. The monoisotopic (exact) mass is 320 g/mol. The third-order valence-electron chi connectivity index (χ3n) is 4.99. The molecule has 0 radical (unpaired) electrons. The molecular formula is C20H24N4. The minimum atomic E-state index is 0.146. The lowest BCUT2D eigenvalue weighted by molar-refractivity contribution is 0.273. The first-order chi connectivity index (χ1) is 11.7. The highest BCUT2D eigenvalue weighted by Crippen LogP contribution is 2.39. The van der Waals surface area contributed by atoms with Gasteiger partial charge in [0.15, 0.2) is 5.82 Å². The Labute approximate surface area is 143 Å². The number of hydrogen-bond acceptors (Lipinski definition) is 4. The van der Waals surface area contributed by atoms with Crippen LogP contribution in [0.25, 0.3) is 0 Å². The molecule has 3 aliphatic heterocycles. The molecule has 0 fully saturated rings. The molecule has 0 amide bonds. The molecule has 0 saturated heterocycles. The zero-order valence-electron chi connectivity index (χ0n) is 14.4. The molecule has 24 heavy (non-hydrogen) atoms. The summed E-state index contributed by atoms with van der Waals surface area (Å²) >= 11 is 0. The number of aliphatic imine (C=N–C) groups is 1. The van der Waals surface area contributed by atoms with E-state index in [1.165, 1.54) is 30.0 Å². The van der Waals surface area contributed by atoms with Gasteiger partial charge in [0.1, 0.15) is 5.82 Å². The van der Waals surface area contributed by atoms with Crippen molar-refractivity contribution in [2.75, 3.05) is 4.90 Å². The molecule has 0 saturated carbocycles. The van der Waals surface area contributed by atoms with Gasteiger partial charge in [0, 0.05) is 23.6 Å². The van der Waals surface area contributed by atoms with Gasteiger partial charge in [-0.1, -0.05) is 31.5 Å². The number of allylic oxidation sites excluding steroid dienone is 2. The highest BCUT2D eigenvalue weighted by Gasteiger charge is 2.37.